The van der Waals surface area contributed by atoms with Crippen LogP contribution in [0.15, 0.2) is 21.8 Å². The van der Waals surface area contributed by atoms with Gasteiger partial charge in [-0.3, -0.25) is 0 Å². The van der Waals surface area contributed by atoms with Crippen molar-refractivity contribution in [3.05, 3.63) is 27.4 Å². The molecule has 1 nitrogen and oxygen atoms in total. The molecule has 48 valence electrons. The van der Waals surface area contributed by atoms with Crippen LogP contribution in [-0.4, -0.2) is 5.11 Å². The highest BCUT2D eigenvalue weighted by Gasteiger charge is 1.97. The second-order valence-corrected chi connectivity index (χ2v) is 3.88. The molecular weight excluding hydrogens is 200 g/mol. The lowest BCUT2D eigenvalue weighted by Gasteiger charge is -1.86. The van der Waals surface area contributed by atoms with Gasteiger partial charge in [0.15, 0.2) is 0 Å². The molecule has 0 bridgehead atoms. The van der Waals surface area contributed by atoms with Crippen LogP contribution in [0.4, 0.5) is 0 Å². The molecule has 1 N–H and O–H groups in total. The smallest absolute Gasteiger partial charge is 0.116 e. The van der Waals surface area contributed by atoms with E-state index >= 15 is 0 Å². The van der Waals surface area contributed by atoms with Crippen molar-refractivity contribution in [2.75, 3.05) is 0 Å². The van der Waals surface area contributed by atoms with Gasteiger partial charge in [-0.25, -0.2) is 0 Å². The Morgan fingerprint density at radius 1 is 1.78 bits per heavy atom. The van der Waals surface area contributed by atoms with Crippen molar-refractivity contribution in [1.82, 2.24) is 0 Å². The lowest BCUT2D eigenvalue weighted by molar-refractivity contribution is 0.514. The zero-order chi connectivity index (χ0) is 6.85. The molecule has 0 aliphatic rings. The van der Waals surface area contributed by atoms with Gasteiger partial charge in [0, 0.05) is 10.9 Å². The summed E-state index contributed by atoms with van der Waals surface area (Å²) in [6, 6.07) is 1.83. The Hall–Kier alpha value is -0.280. The number of hydrogen-bond donors (Lipinski definition) is 1. The third-order valence-corrected chi connectivity index (χ3v) is 2.41. The Morgan fingerprint density at radius 3 is 2.67 bits per heavy atom. The minimum atomic E-state index is 0.122. The van der Waals surface area contributed by atoms with Crippen molar-refractivity contribution in [3.63, 3.8) is 0 Å². The third-order valence-electron chi connectivity index (χ3n) is 0.901. The van der Waals surface area contributed by atoms with Crippen molar-refractivity contribution in [2.45, 2.75) is 0 Å². The lowest BCUT2D eigenvalue weighted by Crippen LogP contribution is -1.70. The molecule has 0 atom stereocenters. The average molecular weight is 205 g/mol. The van der Waals surface area contributed by atoms with Crippen LogP contribution in [0.25, 0.3) is 5.76 Å². The monoisotopic (exact) mass is 204 g/mol. The fourth-order valence-electron chi connectivity index (χ4n) is 0.461. The first kappa shape index (κ1) is 6.83. The molecule has 0 unspecified atom stereocenters. The predicted molar refractivity (Wildman–Crippen MR) is 43.7 cm³/mol. The molecule has 1 rings (SSSR count). The van der Waals surface area contributed by atoms with Gasteiger partial charge >= 0.3 is 0 Å². The standard InChI is InChI=1S/C6H5BrOS/c1-4(8)5-2-6(7)9-3-5/h2-3,8H,1H2. The van der Waals surface area contributed by atoms with Gasteiger partial charge < -0.3 is 5.11 Å². The Kier molecular flexibility index (Phi) is 1.93. The fourth-order valence-corrected chi connectivity index (χ4v) is 1.63. The lowest BCUT2D eigenvalue weighted by atomic mass is 10.3. The van der Waals surface area contributed by atoms with Crippen molar-refractivity contribution in [1.29, 1.82) is 0 Å². The van der Waals surface area contributed by atoms with E-state index in [1.807, 2.05) is 11.4 Å². The minimum Gasteiger partial charge on any atom is -0.508 e. The van der Waals surface area contributed by atoms with Crippen LogP contribution in [0.5, 0.6) is 0 Å². The molecule has 1 aromatic heterocycles. The first-order valence-electron chi connectivity index (χ1n) is 2.32. The number of rotatable bonds is 1. The summed E-state index contributed by atoms with van der Waals surface area (Å²) in [7, 11) is 0. The quantitative estimate of drug-likeness (QED) is 0.698. The zero-order valence-electron chi connectivity index (χ0n) is 4.60. The van der Waals surface area contributed by atoms with Gasteiger partial charge in [0.2, 0.25) is 0 Å². The van der Waals surface area contributed by atoms with Crippen molar-refractivity contribution >= 4 is 33.0 Å². The van der Waals surface area contributed by atoms with Gasteiger partial charge in [-0.05, 0) is 22.0 Å². The molecule has 0 aromatic carbocycles. The summed E-state index contributed by atoms with van der Waals surface area (Å²) in [5.74, 6) is 0.122. The SMILES string of the molecule is C=C(O)c1csc(Br)c1. The van der Waals surface area contributed by atoms with E-state index in [-0.39, 0.29) is 5.76 Å². The molecule has 0 saturated carbocycles. The highest BCUT2D eigenvalue weighted by atomic mass is 79.9. The summed E-state index contributed by atoms with van der Waals surface area (Å²) in [5.41, 5.74) is 0.784. The molecule has 0 saturated heterocycles. The van der Waals surface area contributed by atoms with Gasteiger partial charge in [-0.15, -0.1) is 11.3 Å². The van der Waals surface area contributed by atoms with Gasteiger partial charge in [0.05, 0.1) is 3.79 Å². The Bertz CT molecular complexity index is 229. The Balaban J connectivity index is 2.98. The van der Waals surface area contributed by atoms with Crippen LogP contribution in [0.2, 0.25) is 0 Å². The van der Waals surface area contributed by atoms with Crippen LogP contribution in [0, 0.1) is 0 Å². The number of hydrogen-bond acceptors (Lipinski definition) is 2. The molecule has 0 spiro atoms. The van der Waals surface area contributed by atoms with Crippen LogP contribution in [0.3, 0.4) is 0 Å². The van der Waals surface area contributed by atoms with E-state index in [1.54, 1.807) is 0 Å². The average Bonchev–Trinajstić information content (AvgIpc) is 2.14. The Morgan fingerprint density at radius 2 is 2.44 bits per heavy atom. The van der Waals surface area contributed by atoms with E-state index in [9.17, 15) is 0 Å². The molecule has 1 heterocycles. The summed E-state index contributed by atoms with van der Waals surface area (Å²) >= 11 is 4.80. The highest BCUT2D eigenvalue weighted by molar-refractivity contribution is 9.11. The van der Waals surface area contributed by atoms with Gasteiger partial charge in [-0.1, -0.05) is 6.58 Å². The maximum Gasteiger partial charge on any atom is 0.116 e. The summed E-state index contributed by atoms with van der Waals surface area (Å²) in [6.45, 7) is 3.38. The van der Waals surface area contributed by atoms with Crippen molar-refractivity contribution in [3.8, 4) is 0 Å². The van der Waals surface area contributed by atoms with E-state index in [4.69, 9.17) is 5.11 Å². The second-order valence-electron chi connectivity index (χ2n) is 1.59. The van der Waals surface area contributed by atoms with Crippen LogP contribution in [0.1, 0.15) is 5.56 Å². The summed E-state index contributed by atoms with van der Waals surface area (Å²) in [4.78, 5) is 0. The van der Waals surface area contributed by atoms with E-state index in [0.717, 1.165) is 9.35 Å². The number of aliphatic hydroxyl groups excluding tert-OH is 1. The fraction of sp³-hybridized carbons (Fsp3) is 0. The number of thiophene rings is 1. The molecule has 0 fully saturated rings. The van der Waals surface area contributed by atoms with Gasteiger partial charge in [0.1, 0.15) is 5.76 Å². The molecule has 0 radical (unpaired) electrons. The van der Waals surface area contributed by atoms with Crippen LogP contribution in [-0.2, 0) is 0 Å². The number of halogens is 1. The van der Waals surface area contributed by atoms with Gasteiger partial charge in [-0.2, -0.15) is 0 Å². The molecule has 0 aliphatic heterocycles. The Labute approximate surface area is 65.8 Å². The van der Waals surface area contributed by atoms with E-state index < -0.39 is 0 Å². The molecule has 0 aliphatic carbocycles. The largest absolute Gasteiger partial charge is 0.508 e. The second kappa shape index (κ2) is 2.54. The zero-order valence-corrected chi connectivity index (χ0v) is 7.00. The first-order valence-corrected chi connectivity index (χ1v) is 3.99. The topological polar surface area (TPSA) is 20.2 Å². The molecule has 9 heavy (non-hydrogen) atoms. The van der Waals surface area contributed by atoms with Crippen molar-refractivity contribution in [2.24, 2.45) is 0 Å². The third kappa shape index (κ3) is 1.56. The maximum absolute atomic E-state index is 8.83. The van der Waals surface area contributed by atoms with Crippen molar-refractivity contribution < 1.29 is 5.11 Å². The number of aliphatic hydroxyl groups is 1. The van der Waals surface area contributed by atoms with Crippen LogP contribution < -0.4 is 0 Å². The van der Waals surface area contributed by atoms with Crippen LogP contribution >= 0.6 is 27.3 Å². The minimum absolute atomic E-state index is 0.122. The molecular formula is C6H5BrOS. The van der Waals surface area contributed by atoms with E-state index in [1.165, 1.54) is 11.3 Å². The van der Waals surface area contributed by atoms with E-state index in [2.05, 4.69) is 22.5 Å². The highest BCUT2D eigenvalue weighted by Crippen LogP contribution is 2.23. The summed E-state index contributed by atoms with van der Waals surface area (Å²) in [6.07, 6.45) is 0. The first-order chi connectivity index (χ1) is 4.20. The molecule has 0 amide bonds. The molecule has 3 heteroatoms. The summed E-state index contributed by atoms with van der Waals surface area (Å²) < 4.78 is 1.01. The summed E-state index contributed by atoms with van der Waals surface area (Å²) in [5, 5.41) is 10.7. The normalized spacial score (nSPS) is 9.44. The van der Waals surface area contributed by atoms with Gasteiger partial charge in [0.25, 0.3) is 0 Å². The molecule has 1 aromatic rings. The predicted octanol–water partition coefficient (Wildman–Crippen LogP) is 3.04. The van der Waals surface area contributed by atoms with E-state index in [0.29, 0.717) is 0 Å². The maximum atomic E-state index is 8.83.